The second-order valence-electron chi connectivity index (χ2n) is 4.34. The van der Waals surface area contributed by atoms with Crippen LogP contribution in [0.25, 0.3) is 0 Å². The number of carbonyl (C=O) groups excluding carboxylic acids is 1. The topological polar surface area (TPSA) is 137 Å². The van der Waals surface area contributed by atoms with Gasteiger partial charge in [-0.05, 0) is 0 Å². The fourth-order valence-electron chi connectivity index (χ4n) is 2.01. The Morgan fingerprint density at radius 1 is 1.70 bits per heavy atom. The smallest absolute Gasteiger partial charge is 0.351 e. The van der Waals surface area contributed by atoms with Crippen molar-refractivity contribution in [2.24, 2.45) is 0 Å². The second kappa shape index (κ2) is 5.57. The molecular formula is C11H15N3O6. The Balaban J connectivity index is 2.38. The van der Waals surface area contributed by atoms with Crippen LogP contribution in [0.2, 0.25) is 0 Å². The highest BCUT2D eigenvalue weighted by atomic mass is 16.5. The standard InChI is InChI=1S/C11H15N3O6/c1-19-10(17)5-3-14(11(18)13-9(5)12)8-2-6(16)7(4-15)20-8/h3,6-8,15-16H,2,4H2,1H3,(H2,12,13,18)/t6-,7+,8+/m1/s1. The van der Waals surface area contributed by atoms with E-state index < -0.39 is 30.1 Å². The van der Waals surface area contributed by atoms with E-state index in [2.05, 4.69) is 9.72 Å². The molecule has 9 nitrogen and oxygen atoms in total. The van der Waals surface area contributed by atoms with Gasteiger partial charge in [0.15, 0.2) is 0 Å². The number of ether oxygens (including phenoxy) is 2. The van der Waals surface area contributed by atoms with E-state index in [4.69, 9.17) is 15.6 Å². The summed E-state index contributed by atoms with van der Waals surface area (Å²) in [6, 6.07) is 0. The lowest BCUT2D eigenvalue weighted by atomic mass is 10.2. The molecular weight excluding hydrogens is 270 g/mol. The normalized spacial score (nSPS) is 25.6. The summed E-state index contributed by atoms with van der Waals surface area (Å²) in [6.45, 7) is -0.376. The Morgan fingerprint density at radius 2 is 2.40 bits per heavy atom. The molecule has 0 bridgehead atoms. The van der Waals surface area contributed by atoms with Crippen LogP contribution >= 0.6 is 0 Å². The van der Waals surface area contributed by atoms with Crippen LogP contribution in [0.1, 0.15) is 23.0 Å². The molecule has 1 aliphatic rings. The number of nitrogens with two attached hydrogens (primary N) is 1. The predicted molar refractivity (Wildman–Crippen MR) is 65.9 cm³/mol. The number of anilines is 1. The lowest BCUT2D eigenvalue weighted by molar-refractivity contribution is -0.0459. The number of aliphatic hydroxyl groups is 2. The number of methoxy groups -OCH3 is 1. The van der Waals surface area contributed by atoms with Crippen LogP contribution in [0.5, 0.6) is 0 Å². The van der Waals surface area contributed by atoms with Gasteiger partial charge >= 0.3 is 11.7 Å². The van der Waals surface area contributed by atoms with Crippen molar-refractivity contribution in [2.75, 3.05) is 19.5 Å². The Morgan fingerprint density at radius 3 is 2.95 bits per heavy atom. The van der Waals surface area contributed by atoms with Gasteiger partial charge in [-0.3, -0.25) is 4.57 Å². The fourth-order valence-corrected chi connectivity index (χ4v) is 2.01. The maximum atomic E-state index is 11.8. The van der Waals surface area contributed by atoms with Crippen LogP contribution in [-0.4, -0.2) is 51.7 Å². The molecule has 2 rings (SSSR count). The zero-order chi connectivity index (χ0) is 14.9. The van der Waals surface area contributed by atoms with Crippen LogP contribution in [-0.2, 0) is 9.47 Å². The third-order valence-corrected chi connectivity index (χ3v) is 3.08. The average molecular weight is 285 g/mol. The molecule has 1 aromatic rings. The van der Waals surface area contributed by atoms with Gasteiger partial charge in [0.2, 0.25) is 0 Å². The maximum absolute atomic E-state index is 11.8. The number of carbonyl (C=O) groups is 1. The number of esters is 1. The summed E-state index contributed by atoms with van der Waals surface area (Å²) < 4.78 is 10.9. The van der Waals surface area contributed by atoms with E-state index in [1.165, 1.54) is 13.3 Å². The summed E-state index contributed by atoms with van der Waals surface area (Å²) in [5.74, 6) is -0.976. The number of hydrogen-bond acceptors (Lipinski definition) is 8. The van der Waals surface area contributed by atoms with Crippen molar-refractivity contribution in [3.8, 4) is 0 Å². The molecule has 2 heterocycles. The molecule has 1 aromatic heterocycles. The quantitative estimate of drug-likeness (QED) is 0.556. The molecule has 3 atom stereocenters. The Bertz CT molecular complexity index is 572. The van der Waals surface area contributed by atoms with Crippen LogP contribution in [0.3, 0.4) is 0 Å². The minimum atomic E-state index is -0.906. The van der Waals surface area contributed by atoms with Gasteiger partial charge < -0.3 is 25.4 Å². The zero-order valence-corrected chi connectivity index (χ0v) is 10.7. The first-order chi connectivity index (χ1) is 9.47. The summed E-state index contributed by atoms with van der Waals surface area (Å²) in [7, 11) is 1.18. The first kappa shape index (κ1) is 14.4. The molecule has 0 aromatic carbocycles. The molecule has 0 amide bonds. The lowest BCUT2D eigenvalue weighted by Crippen LogP contribution is -2.30. The van der Waals surface area contributed by atoms with Crippen molar-refractivity contribution in [1.29, 1.82) is 0 Å². The van der Waals surface area contributed by atoms with E-state index >= 15 is 0 Å². The van der Waals surface area contributed by atoms with E-state index in [1.54, 1.807) is 0 Å². The Labute approximate surface area is 113 Å². The monoisotopic (exact) mass is 285 g/mol. The minimum absolute atomic E-state index is 0.0716. The molecule has 0 saturated carbocycles. The van der Waals surface area contributed by atoms with E-state index in [0.29, 0.717) is 0 Å². The van der Waals surface area contributed by atoms with Gasteiger partial charge in [0.1, 0.15) is 23.7 Å². The number of hydrogen-bond donors (Lipinski definition) is 3. The molecule has 9 heteroatoms. The van der Waals surface area contributed by atoms with Gasteiger partial charge in [-0.2, -0.15) is 4.98 Å². The van der Waals surface area contributed by atoms with Gasteiger partial charge in [0.05, 0.1) is 19.8 Å². The molecule has 1 aliphatic heterocycles. The third kappa shape index (κ3) is 2.50. The highest BCUT2D eigenvalue weighted by Crippen LogP contribution is 2.27. The van der Waals surface area contributed by atoms with Crippen molar-refractivity contribution in [2.45, 2.75) is 24.9 Å². The number of nitrogen functional groups attached to an aromatic ring is 1. The molecule has 4 N–H and O–H groups in total. The van der Waals surface area contributed by atoms with Gasteiger partial charge in [-0.1, -0.05) is 0 Å². The third-order valence-electron chi connectivity index (χ3n) is 3.08. The number of rotatable bonds is 3. The number of aliphatic hydroxyl groups excluding tert-OH is 2. The zero-order valence-electron chi connectivity index (χ0n) is 10.7. The highest BCUT2D eigenvalue weighted by molar-refractivity contribution is 5.93. The van der Waals surface area contributed by atoms with Gasteiger partial charge in [0.25, 0.3) is 0 Å². The van der Waals surface area contributed by atoms with Crippen LogP contribution in [0, 0.1) is 0 Å². The molecule has 0 aliphatic carbocycles. The first-order valence-electron chi connectivity index (χ1n) is 5.89. The van der Waals surface area contributed by atoms with E-state index in [0.717, 1.165) is 4.57 Å². The Hall–Kier alpha value is -1.97. The molecule has 0 spiro atoms. The summed E-state index contributed by atoms with van der Waals surface area (Å²) in [5, 5.41) is 18.7. The fraction of sp³-hybridized carbons (Fsp3) is 0.545. The lowest BCUT2D eigenvalue weighted by Gasteiger charge is -2.15. The molecule has 1 fully saturated rings. The minimum Gasteiger partial charge on any atom is -0.465 e. The average Bonchev–Trinajstić information content (AvgIpc) is 2.79. The van der Waals surface area contributed by atoms with Crippen LogP contribution < -0.4 is 11.4 Å². The van der Waals surface area contributed by atoms with Crippen molar-refractivity contribution in [3.05, 3.63) is 22.2 Å². The van der Waals surface area contributed by atoms with Crippen molar-refractivity contribution in [3.63, 3.8) is 0 Å². The first-order valence-corrected chi connectivity index (χ1v) is 5.89. The van der Waals surface area contributed by atoms with Gasteiger partial charge in [-0.15, -0.1) is 0 Å². The molecule has 20 heavy (non-hydrogen) atoms. The van der Waals surface area contributed by atoms with Crippen molar-refractivity contribution >= 4 is 11.8 Å². The predicted octanol–water partition coefficient (Wildman–Crippen LogP) is -1.75. The SMILES string of the molecule is COC(=O)c1cn([C@@H]2C[C@@H](O)[C@H](CO)O2)c(=O)nc1N. The summed E-state index contributed by atoms with van der Waals surface area (Å²) >= 11 is 0. The van der Waals surface area contributed by atoms with Gasteiger partial charge in [0, 0.05) is 12.6 Å². The Kier molecular flexibility index (Phi) is 4.02. The van der Waals surface area contributed by atoms with Crippen molar-refractivity contribution in [1.82, 2.24) is 9.55 Å². The molecule has 110 valence electrons. The largest absolute Gasteiger partial charge is 0.465 e. The summed E-state index contributed by atoms with van der Waals surface area (Å²) in [6.07, 6.45) is -1.25. The highest BCUT2D eigenvalue weighted by Gasteiger charge is 2.35. The molecule has 1 saturated heterocycles. The van der Waals surface area contributed by atoms with Crippen LogP contribution in [0.15, 0.2) is 11.0 Å². The molecule has 0 unspecified atom stereocenters. The van der Waals surface area contributed by atoms with Crippen LogP contribution in [0.4, 0.5) is 5.82 Å². The summed E-state index contributed by atoms with van der Waals surface area (Å²) in [5.41, 5.74) is 4.70. The number of aromatic nitrogens is 2. The summed E-state index contributed by atoms with van der Waals surface area (Å²) in [4.78, 5) is 26.8. The van der Waals surface area contributed by atoms with E-state index in [9.17, 15) is 14.7 Å². The van der Waals surface area contributed by atoms with Crippen molar-refractivity contribution < 1.29 is 24.5 Å². The van der Waals surface area contributed by atoms with E-state index in [1.807, 2.05) is 0 Å². The maximum Gasteiger partial charge on any atom is 0.351 e. The van der Waals surface area contributed by atoms with Gasteiger partial charge in [-0.25, -0.2) is 9.59 Å². The van der Waals surface area contributed by atoms with E-state index in [-0.39, 0.29) is 24.4 Å². The second-order valence-corrected chi connectivity index (χ2v) is 4.34. The number of nitrogens with zero attached hydrogens (tertiary/aromatic N) is 2. The molecule has 0 radical (unpaired) electrons.